The number of amides is 1. The summed E-state index contributed by atoms with van der Waals surface area (Å²) < 4.78 is 143. The molecular weight excluding hydrogens is 481 g/mol. The second-order valence-electron chi connectivity index (χ2n) is 5.17. The summed E-state index contributed by atoms with van der Waals surface area (Å²) in [6.45, 7) is 0. The van der Waals surface area contributed by atoms with Crippen LogP contribution in [0.5, 0.6) is 0 Å². The number of carbonyl (C=O) groups is 1. The van der Waals surface area contributed by atoms with Gasteiger partial charge in [0, 0.05) is 5.02 Å². The SMILES string of the molecule is O=C(Nc1ccc(Cl)cc1N([O-])O)C(F)(OC(F)(F)C(F)(F)C(F)(F)F)C(F)(F)F. The van der Waals surface area contributed by atoms with Gasteiger partial charge in [-0.2, -0.15) is 48.3 Å². The minimum absolute atomic E-state index is 0.396. The number of rotatable bonds is 6. The van der Waals surface area contributed by atoms with Gasteiger partial charge in [-0.1, -0.05) is 11.6 Å². The van der Waals surface area contributed by atoms with Gasteiger partial charge in [0.25, 0.3) is 5.91 Å². The van der Waals surface area contributed by atoms with E-state index in [0.717, 1.165) is 5.32 Å². The first-order chi connectivity index (χ1) is 13.2. The molecule has 0 spiro atoms. The summed E-state index contributed by atoms with van der Waals surface area (Å²) in [5, 5.41) is 18.9. The molecule has 0 fully saturated rings. The Labute approximate surface area is 162 Å². The minimum Gasteiger partial charge on any atom is -0.733 e. The van der Waals surface area contributed by atoms with Crippen molar-refractivity contribution in [1.82, 2.24) is 0 Å². The van der Waals surface area contributed by atoms with Gasteiger partial charge in [0.1, 0.15) is 0 Å². The molecule has 0 radical (unpaired) electrons. The van der Waals surface area contributed by atoms with Crippen molar-refractivity contribution < 1.29 is 63.0 Å². The van der Waals surface area contributed by atoms with Gasteiger partial charge in [-0.15, -0.1) is 0 Å². The minimum atomic E-state index is -7.36. The highest BCUT2D eigenvalue weighted by molar-refractivity contribution is 6.31. The molecular formula is C12H5ClF11N2O4-. The van der Waals surface area contributed by atoms with E-state index >= 15 is 0 Å². The highest BCUT2D eigenvalue weighted by Crippen LogP contribution is 2.51. The molecule has 0 aliphatic rings. The lowest BCUT2D eigenvalue weighted by atomic mass is 10.2. The van der Waals surface area contributed by atoms with Crippen molar-refractivity contribution in [3.8, 4) is 0 Å². The summed E-state index contributed by atoms with van der Waals surface area (Å²) in [5.41, 5.74) is -2.45. The smallest absolute Gasteiger partial charge is 0.462 e. The largest absolute Gasteiger partial charge is 0.733 e. The molecule has 2 N–H and O–H groups in total. The standard InChI is InChI=1S/C12H5ClF11N2O4/c13-4-1-2-5(6(3-4)26(28)29)25-7(27)8(14,10(17,18)19)30-12(23,24)9(15,16)11(20,21)22/h1-3,28H,(H,25,27)/q-1. The fourth-order valence-electron chi connectivity index (χ4n) is 1.61. The van der Waals surface area contributed by atoms with Gasteiger partial charge in [-0.25, -0.2) is 0 Å². The molecule has 172 valence electrons. The van der Waals surface area contributed by atoms with Gasteiger partial charge in [0.05, 0.1) is 11.4 Å². The van der Waals surface area contributed by atoms with E-state index in [-0.39, 0.29) is 0 Å². The third-order valence-electron chi connectivity index (χ3n) is 3.06. The molecule has 0 saturated heterocycles. The lowest BCUT2D eigenvalue weighted by molar-refractivity contribution is -0.472. The Morgan fingerprint density at radius 2 is 1.50 bits per heavy atom. The Morgan fingerprint density at radius 1 is 1.00 bits per heavy atom. The van der Waals surface area contributed by atoms with Crippen LogP contribution in [-0.2, 0) is 9.53 Å². The second kappa shape index (κ2) is 7.86. The van der Waals surface area contributed by atoms with E-state index < -0.39 is 57.8 Å². The van der Waals surface area contributed by atoms with E-state index in [0.29, 0.717) is 18.2 Å². The van der Waals surface area contributed by atoms with E-state index in [1.54, 1.807) is 0 Å². The zero-order chi connectivity index (χ0) is 23.9. The van der Waals surface area contributed by atoms with Crippen molar-refractivity contribution in [2.45, 2.75) is 30.2 Å². The normalized spacial score (nSPS) is 15.5. The maximum absolute atomic E-state index is 14.1. The summed E-state index contributed by atoms with van der Waals surface area (Å²) in [7, 11) is 0. The maximum Gasteiger partial charge on any atom is 0.462 e. The van der Waals surface area contributed by atoms with E-state index in [4.69, 9.17) is 16.8 Å². The Kier molecular flexibility index (Phi) is 6.79. The molecule has 1 aromatic carbocycles. The van der Waals surface area contributed by atoms with Crippen LogP contribution in [0.2, 0.25) is 5.02 Å². The Bertz CT molecular complexity index is 799. The van der Waals surface area contributed by atoms with Crippen LogP contribution in [0.4, 0.5) is 59.7 Å². The summed E-state index contributed by atoms with van der Waals surface area (Å²) in [4.78, 5) is 11.6. The van der Waals surface area contributed by atoms with Crippen LogP contribution in [0, 0.1) is 5.21 Å². The number of ether oxygens (including phenoxy) is 1. The van der Waals surface area contributed by atoms with Gasteiger partial charge in [0.15, 0.2) is 0 Å². The third kappa shape index (κ3) is 4.79. The third-order valence-corrected chi connectivity index (χ3v) is 3.30. The van der Waals surface area contributed by atoms with Crippen LogP contribution < -0.4 is 10.5 Å². The molecule has 1 aromatic rings. The van der Waals surface area contributed by atoms with Gasteiger partial charge >= 0.3 is 30.2 Å². The van der Waals surface area contributed by atoms with Gasteiger partial charge < -0.3 is 15.8 Å². The van der Waals surface area contributed by atoms with Crippen molar-refractivity contribution in [2.24, 2.45) is 0 Å². The molecule has 0 bridgehead atoms. The van der Waals surface area contributed by atoms with Crippen molar-refractivity contribution >= 4 is 28.9 Å². The topological polar surface area (TPSA) is 84.9 Å². The first kappa shape index (κ1) is 25.9. The predicted molar refractivity (Wildman–Crippen MR) is 74.6 cm³/mol. The molecule has 1 amide bonds. The molecule has 1 unspecified atom stereocenters. The van der Waals surface area contributed by atoms with Crippen molar-refractivity contribution in [3.63, 3.8) is 0 Å². The lowest BCUT2D eigenvalue weighted by Crippen LogP contribution is -2.62. The van der Waals surface area contributed by atoms with Crippen LogP contribution in [0.25, 0.3) is 0 Å². The summed E-state index contributed by atoms with van der Waals surface area (Å²) in [5.74, 6) is -17.2. The van der Waals surface area contributed by atoms with Crippen LogP contribution in [-0.4, -0.2) is 41.4 Å². The first-order valence-corrected chi connectivity index (χ1v) is 7.10. The molecule has 0 aromatic heterocycles. The van der Waals surface area contributed by atoms with E-state index in [2.05, 4.69) is 4.74 Å². The predicted octanol–water partition coefficient (Wildman–Crippen LogP) is 5.01. The number of carbonyl (C=O) groups excluding carboxylic acids is 1. The number of alkyl halides is 11. The highest BCUT2D eigenvalue weighted by atomic mass is 35.5. The summed E-state index contributed by atoms with van der Waals surface area (Å²) in [6.07, 6.45) is -21.4. The van der Waals surface area contributed by atoms with Crippen molar-refractivity contribution in [1.29, 1.82) is 0 Å². The second-order valence-corrected chi connectivity index (χ2v) is 5.61. The lowest BCUT2D eigenvalue weighted by Gasteiger charge is -2.34. The van der Waals surface area contributed by atoms with Crippen molar-refractivity contribution in [2.75, 3.05) is 10.5 Å². The number of halogens is 12. The number of anilines is 2. The zero-order valence-electron chi connectivity index (χ0n) is 13.4. The Hall–Kier alpha value is -2.11. The average Bonchev–Trinajstić information content (AvgIpc) is 2.53. The quantitative estimate of drug-likeness (QED) is 0.437. The zero-order valence-corrected chi connectivity index (χ0v) is 14.1. The van der Waals surface area contributed by atoms with Crippen LogP contribution in [0.3, 0.4) is 0 Å². The fourth-order valence-corrected chi connectivity index (χ4v) is 1.78. The van der Waals surface area contributed by atoms with Gasteiger partial charge in [-0.3, -0.25) is 14.7 Å². The van der Waals surface area contributed by atoms with Crippen LogP contribution in [0.15, 0.2) is 18.2 Å². The first-order valence-electron chi connectivity index (χ1n) is 6.72. The van der Waals surface area contributed by atoms with E-state index in [9.17, 15) is 58.3 Å². The fraction of sp³-hybridized carbons (Fsp3) is 0.417. The molecule has 0 aliphatic heterocycles. The van der Waals surface area contributed by atoms with Crippen LogP contribution in [0.1, 0.15) is 0 Å². The number of hydrogen-bond acceptors (Lipinski definition) is 5. The molecule has 0 saturated carbocycles. The molecule has 30 heavy (non-hydrogen) atoms. The average molecular weight is 486 g/mol. The van der Waals surface area contributed by atoms with Crippen LogP contribution >= 0.6 is 11.6 Å². The number of hydrogen-bond donors (Lipinski definition) is 2. The Morgan fingerprint density at radius 3 is 1.90 bits per heavy atom. The van der Waals surface area contributed by atoms with E-state index in [1.165, 1.54) is 0 Å². The van der Waals surface area contributed by atoms with Gasteiger partial charge in [-0.05, 0) is 18.2 Å². The summed E-state index contributed by atoms with van der Waals surface area (Å²) >= 11 is 5.38. The number of benzene rings is 1. The molecule has 1 atom stereocenters. The number of nitrogens with zero attached hydrogens (tertiary/aromatic N) is 1. The highest BCUT2D eigenvalue weighted by Gasteiger charge is 2.79. The van der Waals surface area contributed by atoms with Gasteiger partial charge in [0.2, 0.25) is 0 Å². The molecule has 6 nitrogen and oxygen atoms in total. The molecule has 1 rings (SSSR count). The molecule has 0 heterocycles. The monoisotopic (exact) mass is 485 g/mol. The summed E-state index contributed by atoms with van der Waals surface area (Å²) in [6, 6.07) is 1.60. The van der Waals surface area contributed by atoms with Crippen molar-refractivity contribution in [3.05, 3.63) is 28.4 Å². The number of nitrogens with one attached hydrogen (secondary N) is 1. The molecule has 0 aliphatic carbocycles. The molecule has 18 heteroatoms. The van der Waals surface area contributed by atoms with E-state index in [1.807, 2.05) is 0 Å². The Balaban J connectivity index is 3.42. The maximum atomic E-state index is 14.1.